The highest BCUT2D eigenvalue weighted by Crippen LogP contribution is 2.08. The number of carboxylic acids is 10. The van der Waals surface area contributed by atoms with E-state index in [-0.39, 0.29) is 5.91 Å². The van der Waals surface area contributed by atoms with Crippen molar-refractivity contribution in [2.75, 3.05) is 11.1 Å². The van der Waals surface area contributed by atoms with Gasteiger partial charge in [0.15, 0.2) is 0 Å². The second-order valence-electron chi connectivity index (χ2n) is 9.12. The number of rotatable bonds is 7. The highest BCUT2D eigenvalue weighted by atomic mass is 17.1. The van der Waals surface area contributed by atoms with Crippen LogP contribution >= 0.6 is 0 Å². The standard InChI is InChI=1S/C9H12BNO3.C6H8BNO2.C4H6O6.4C2H2O4/c1-2-9(12)11-8-5-3-4-7(6-8)10(13)14;8-6-3-1-2-5(4-6)7(9)10;1-4(10-9,2(5)6)3(7)8;4*3-1(4)2(5)6/h3-6,13-14H,2H2,1H3,(H,11,12);1-4,9-10H,8H2;9H,1H3,(H,5,6)(H,7,8);4*(H,3,4)(H,5,6). The van der Waals surface area contributed by atoms with Gasteiger partial charge in [0, 0.05) is 17.8 Å². The molecule has 0 unspecified atom stereocenters. The SMILES string of the molecule is CC(OO)(C(=O)O)C(=O)O.CCC(=O)Nc1cccc(B(O)O)c1.Nc1cccc(B(O)O)c1.O=C(O)C(=O)O.O=C(O)C(=O)O.O=C(O)C(=O)O.O=C(O)C(=O)O. The van der Waals surface area contributed by atoms with Crippen LogP contribution in [0.5, 0.6) is 0 Å². The number of benzene rings is 2. The number of hydrogen-bond acceptors (Lipinski definition) is 18. The molecule has 58 heavy (non-hydrogen) atoms. The summed E-state index contributed by atoms with van der Waals surface area (Å²) in [4.78, 5) is 107. The summed E-state index contributed by atoms with van der Waals surface area (Å²) in [5, 5.41) is 121. The molecule has 0 fully saturated rings. The summed E-state index contributed by atoms with van der Waals surface area (Å²) in [6.07, 6.45) is 0.395. The van der Waals surface area contributed by atoms with Crippen LogP contribution in [0.15, 0.2) is 48.5 Å². The van der Waals surface area contributed by atoms with Crippen molar-refractivity contribution in [3.8, 4) is 0 Å². The molecule has 2 aromatic carbocycles. The minimum Gasteiger partial charge on any atom is -0.479 e. The van der Waals surface area contributed by atoms with Crippen LogP contribution in [0.1, 0.15) is 20.3 Å². The Balaban J connectivity index is -0.000000194. The molecule has 0 heterocycles. The number of anilines is 2. The normalized spacial score (nSPS) is 8.88. The molecule has 29 nitrogen and oxygen atoms in total. The Morgan fingerprint density at radius 1 is 0.569 bits per heavy atom. The first-order valence-electron chi connectivity index (χ1n) is 14.0. The number of carbonyl (C=O) groups excluding carboxylic acids is 1. The largest absolute Gasteiger partial charge is 0.488 e. The summed E-state index contributed by atoms with van der Waals surface area (Å²) in [5.41, 5.74) is 4.69. The number of aliphatic carboxylic acids is 10. The van der Waals surface area contributed by atoms with Gasteiger partial charge >= 0.3 is 73.9 Å². The van der Waals surface area contributed by atoms with Crippen LogP contribution in [-0.2, 0) is 57.6 Å². The predicted molar refractivity (Wildman–Crippen MR) is 184 cm³/mol. The molecule has 0 saturated heterocycles. The average Bonchev–Trinajstić information content (AvgIpc) is 3.12. The van der Waals surface area contributed by atoms with Crippen molar-refractivity contribution >= 4 is 102 Å². The van der Waals surface area contributed by atoms with Crippen LogP contribution in [0.3, 0.4) is 0 Å². The Bertz CT molecular complexity index is 1570. The fourth-order valence-corrected chi connectivity index (χ4v) is 1.92. The zero-order valence-electron chi connectivity index (χ0n) is 29.2. The molecule has 1 amide bonds. The van der Waals surface area contributed by atoms with E-state index in [1.807, 2.05) is 0 Å². The van der Waals surface area contributed by atoms with E-state index in [2.05, 4.69) is 10.2 Å². The van der Waals surface area contributed by atoms with Gasteiger partial charge in [-0.2, -0.15) is 0 Å². The molecule has 0 radical (unpaired) electrons. The number of carboxylic acid groups (broad SMARTS) is 10. The van der Waals surface area contributed by atoms with E-state index >= 15 is 0 Å². The second kappa shape index (κ2) is 31.6. The number of nitrogens with two attached hydrogens (primary N) is 1. The van der Waals surface area contributed by atoms with Gasteiger partial charge in [-0.05, 0) is 42.1 Å². The van der Waals surface area contributed by atoms with E-state index < -0.39 is 79.5 Å². The molecule has 0 atom stereocenters. The Hall–Kier alpha value is -7.70. The van der Waals surface area contributed by atoms with Gasteiger partial charge in [0.1, 0.15) is 0 Å². The average molecular weight is 840 g/mol. The maximum atomic E-state index is 11.0. The third-order valence-corrected chi connectivity index (χ3v) is 4.73. The molecule has 0 saturated carbocycles. The fourth-order valence-electron chi connectivity index (χ4n) is 1.92. The summed E-state index contributed by atoms with van der Waals surface area (Å²) in [7, 11) is -2.93. The van der Waals surface area contributed by atoms with Crippen LogP contribution in [0.2, 0.25) is 0 Å². The van der Waals surface area contributed by atoms with Gasteiger partial charge in [-0.25, -0.2) is 52.8 Å². The van der Waals surface area contributed by atoms with Gasteiger partial charge < -0.3 is 82.2 Å². The van der Waals surface area contributed by atoms with Crippen LogP contribution in [0.4, 0.5) is 11.4 Å². The highest BCUT2D eigenvalue weighted by Gasteiger charge is 2.44. The van der Waals surface area contributed by atoms with Crippen molar-refractivity contribution in [1.29, 1.82) is 0 Å². The molecule has 31 heteroatoms. The van der Waals surface area contributed by atoms with Gasteiger partial charge in [0.25, 0.3) is 5.60 Å². The summed E-state index contributed by atoms with van der Waals surface area (Å²) in [6.45, 7) is 2.47. The van der Waals surface area contributed by atoms with E-state index in [0.717, 1.165) is 6.92 Å². The molecule has 0 aliphatic carbocycles. The zero-order valence-corrected chi connectivity index (χ0v) is 29.2. The van der Waals surface area contributed by atoms with Crippen LogP contribution in [0.25, 0.3) is 0 Å². The molecule has 0 spiro atoms. The second-order valence-corrected chi connectivity index (χ2v) is 9.12. The molecule has 0 aromatic heterocycles. The molecule has 18 N–H and O–H groups in total. The first kappa shape index (κ1) is 59.6. The van der Waals surface area contributed by atoms with E-state index in [1.54, 1.807) is 43.3 Å². The number of nitrogens with one attached hydrogen (secondary N) is 1. The van der Waals surface area contributed by atoms with Gasteiger partial charge in [-0.15, -0.1) is 0 Å². The quantitative estimate of drug-likeness (QED) is 0.0309. The fraction of sp³-hybridized carbons (Fsp3) is 0.148. The van der Waals surface area contributed by atoms with Gasteiger partial charge in [-0.1, -0.05) is 31.2 Å². The van der Waals surface area contributed by atoms with Crippen LogP contribution in [0, 0.1) is 0 Å². The maximum absolute atomic E-state index is 11.0. The van der Waals surface area contributed by atoms with Crippen LogP contribution < -0.4 is 22.0 Å². The Labute approximate surface area is 321 Å². The lowest BCUT2D eigenvalue weighted by Crippen LogP contribution is -2.45. The van der Waals surface area contributed by atoms with Gasteiger partial charge in [0.2, 0.25) is 5.91 Å². The van der Waals surface area contributed by atoms with Crippen LogP contribution in [-0.4, -0.2) is 162 Å². The Kier molecular flexibility index (Phi) is 32.5. The summed E-state index contributed by atoms with van der Waals surface area (Å²) in [6, 6.07) is 12.9. The highest BCUT2D eigenvalue weighted by molar-refractivity contribution is 6.59. The van der Waals surface area contributed by atoms with Gasteiger partial charge in [-0.3, -0.25) is 10.1 Å². The van der Waals surface area contributed by atoms with Crippen molar-refractivity contribution in [2.24, 2.45) is 0 Å². The number of nitrogen functional groups attached to an aromatic ring is 1. The Morgan fingerprint density at radius 2 is 0.862 bits per heavy atom. The molecule has 2 rings (SSSR count). The third kappa shape index (κ3) is 32.9. The smallest absolute Gasteiger partial charge is 0.479 e. The van der Waals surface area contributed by atoms with Crippen molar-refractivity contribution in [3.63, 3.8) is 0 Å². The number of hydrogen-bond donors (Lipinski definition) is 17. The van der Waals surface area contributed by atoms with Crippen molar-refractivity contribution in [3.05, 3.63) is 48.5 Å². The maximum Gasteiger partial charge on any atom is 0.488 e. The van der Waals surface area contributed by atoms with Gasteiger partial charge in [0.05, 0.1) is 0 Å². The zero-order chi connectivity index (χ0) is 47.1. The van der Waals surface area contributed by atoms with Crippen molar-refractivity contribution in [2.45, 2.75) is 25.9 Å². The first-order chi connectivity index (χ1) is 26.3. The molecule has 0 aliphatic heterocycles. The lowest BCUT2D eigenvalue weighted by Gasteiger charge is -2.13. The van der Waals surface area contributed by atoms with E-state index in [0.29, 0.717) is 28.7 Å². The topological polar surface area (TPSA) is 539 Å². The monoisotopic (exact) mass is 840 g/mol. The summed E-state index contributed by atoms with van der Waals surface area (Å²) in [5.74, 6) is -18.2. The molecule has 320 valence electrons. The lowest BCUT2D eigenvalue weighted by atomic mass is 9.80. The molecular weight excluding hydrogens is 806 g/mol. The predicted octanol–water partition coefficient (Wildman–Crippen LogP) is -5.31. The summed E-state index contributed by atoms with van der Waals surface area (Å²) >= 11 is 0. The molecule has 2 aromatic rings. The van der Waals surface area contributed by atoms with E-state index in [9.17, 15) is 14.4 Å². The number of carbonyl (C=O) groups is 11. The minimum atomic E-state index is -2.57. The van der Waals surface area contributed by atoms with Crippen molar-refractivity contribution < 1.29 is 134 Å². The number of amides is 1. The lowest BCUT2D eigenvalue weighted by molar-refractivity contribution is -0.306. The third-order valence-electron chi connectivity index (χ3n) is 4.73. The van der Waals surface area contributed by atoms with Crippen molar-refractivity contribution in [1.82, 2.24) is 0 Å². The Morgan fingerprint density at radius 3 is 1.05 bits per heavy atom. The first-order valence-corrected chi connectivity index (χ1v) is 14.0. The molecule has 0 bridgehead atoms. The van der Waals surface area contributed by atoms with E-state index in [4.69, 9.17) is 121 Å². The summed E-state index contributed by atoms with van der Waals surface area (Å²) < 4.78 is 0. The molecular formula is C27H34B2N2O27. The van der Waals surface area contributed by atoms with E-state index in [1.165, 1.54) is 12.1 Å². The minimum absolute atomic E-state index is 0.102. The molecule has 0 aliphatic rings.